The molecular weight excluding hydrogens is 382 g/mol. The van der Waals surface area contributed by atoms with Crippen LogP contribution in [-0.4, -0.2) is 24.4 Å². The first-order valence-corrected chi connectivity index (χ1v) is 12.6. The third-order valence-electron chi connectivity index (χ3n) is 8.44. The monoisotopic (exact) mass is 424 g/mol. The summed E-state index contributed by atoms with van der Waals surface area (Å²) in [6.07, 6.45) is 13.4. The molecule has 3 aliphatic carbocycles. The number of carbonyl (C=O) groups is 1. The number of rotatable bonds is 8. The Morgan fingerprint density at radius 3 is 1.87 bits per heavy atom. The van der Waals surface area contributed by atoms with Crippen molar-refractivity contribution in [2.45, 2.75) is 115 Å². The molecule has 172 valence electrons. The van der Waals surface area contributed by atoms with Crippen LogP contribution < -0.4 is 0 Å². The van der Waals surface area contributed by atoms with E-state index in [4.69, 9.17) is 4.74 Å². The van der Waals surface area contributed by atoms with Crippen LogP contribution in [0.5, 0.6) is 0 Å². The maximum Gasteiger partial charge on any atom is 0.330 e. The first-order chi connectivity index (χ1) is 14.5. The first-order valence-electron chi connectivity index (χ1n) is 12.6. The Balaban J connectivity index is 1.40. The molecule has 2 unspecified atom stereocenters. The predicted molar refractivity (Wildman–Crippen MR) is 118 cm³/mol. The van der Waals surface area contributed by atoms with Gasteiger partial charge in [0, 0.05) is 6.08 Å². The Hall–Kier alpha value is -0.930. The molecule has 3 fully saturated rings. The summed E-state index contributed by atoms with van der Waals surface area (Å²) in [5.74, 6) is 2.44. The number of unbranched alkanes of at least 4 members (excludes halogenated alkanes) is 2. The Morgan fingerprint density at radius 1 is 0.867 bits per heavy atom. The first kappa shape index (κ1) is 23.7. The van der Waals surface area contributed by atoms with Crippen LogP contribution in [-0.2, 0) is 9.53 Å². The van der Waals surface area contributed by atoms with Gasteiger partial charge in [-0.25, -0.2) is 13.6 Å². The number of halogens is 2. The van der Waals surface area contributed by atoms with Crippen molar-refractivity contribution in [1.29, 1.82) is 0 Å². The van der Waals surface area contributed by atoms with E-state index in [0.29, 0.717) is 18.8 Å². The van der Waals surface area contributed by atoms with E-state index in [9.17, 15) is 13.6 Å². The van der Waals surface area contributed by atoms with Crippen LogP contribution in [0.2, 0.25) is 0 Å². The minimum Gasteiger partial charge on any atom is -0.453 e. The van der Waals surface area contributed by atoms with E-state index in [1.807, 2.05) is 0 Å². The summed E-state index contributed by atoms with van der Waals surface area (Å²) < 4.78 is 34.1. The van der Waals surface area contributed by atoms with Gasteiger partial charge in [0.05, 0.1) is 0 Å². The van der Waals surface area contributed by atoms with Crippen LogP contribution in [0, 0.1) is 29.6 Å². The predicted octanol–water partition coefficient (Wildman–Crippen LogP) is 7.36. The van der Waals surface area contributed by atoms with Crippen molar-refractivity contribution < 1.29 is 18.3 Å². The molecule has 0 aromatic heterocycles. The molecule has 0 aromatic carbocycles. The zero-order valence-electron chi connectivity index (χ0n) is 18.9. The second kappa shape index (κ2) is 11.6. The second-order valence-electron chi connectivity index (χ2n) is 10.3. The lowest BCUT2D eigenvalue weighted by molar-refractivity contribution is -0.156. The van der Waals surface area contributed by atoms with Gasteiger partial charge in [-0.2, -0.15) is 0 Å². The van der Waals surface area contributed by atoms with Gasteiger partial charge in [0.25, 0.3) is 0 Å². The van der Waals surface area contributed by atoms with Gasteiger partial charge in [0.1, 0.15) is 12.3 Å². The molecule has 0 spiro atoms. The fraction of sp³-hybridized carbons (Fsp3) is 0.885. The molecule has 3 saturated carbocycles. The van der Waals surface area contributed by atoms with E-state index in [1.165, 1.54) is 64.2 Å². The number of ether oxygens (including phenoxy) is 1. The quantitative estimate of drug-likeness (QED) is 0.231. The fourth-order valence-corrected chi connectivity index (χ4v) is 6.60. The largest absolute Gasteiger partial charge is 0.453 e. The fourth-order valence-electron chi connectivity index (χ4n) is 6.60. The van der Waals surface area contributed by atoms with Crippen LogP contribution >= 0.6 is 0 Å². The highest BCUT2D eigenvalue weighted by Crippen LogP contribution is 2.46. The molecule has 0 radical (unpaired) electrons. The van der Waals surface area contributed by atoms with Crippen LogP contribution in [0.25, 0.3) is 0 Å². The minimum absolute atomic E-state index is 0.0870. The van der Waals surface area contributed by atoms with Crippen molar-refractivity contribution in [2.24, 2.45) is 29.6 Å². The number of alkyl halides is 2. The molecule has 0 aromatic rings. The summed E-state index contributed by atoms with van der Waals surface area (Å²) in [7, 11) is 0. The van der Waals surface area contributed by atoms with Crippen molar-refractivity contribution in [1.82, 2.24) is 0 Å². The molecule has 2 nitrogen and oxygen atoms in total. The average molecular weight is 425 g/mol. The molecular formula is C26H42F2O2. The van der Waals surface area contributed by atoms with E-state index in [0.717, 1.165) is 36.7 Å². The molecule has 0 N–H and O–H groups in total. The smallest absolute Gasteiger partial charge is 0.330 e. The lowest BCUT2D eigenvalue weighted by Crippen LogP contribution is -2.45. The van der Waals surface area contributed by atoms with Gasteiger partial charge in [-0.1, -0.05) is 52.0 Å². The molecule has 0 heterocycles. The van der Waals surface area contributed by atoms with E-state index in [-0.39, 0.29) is 5.92 Å². The van der Waals surface area contributed by atoms with Crippen molar-refractivity contribution in [3.8, 4) is 0 Å². The van der Waals surface area contributed by atoms with Crippen molar-refractivity contribution in [3.63, 3.8) is 0 Å². The normalized spacial score (nSPS) is 40.0. The van der Waals surface area contributed by atoms with Gasteiger partial charge in [0.2, 0.25) is 0 Å². The summed E-state index contributed by atoms with van der Waals surface area (Å²) in [4.78, 5) is 11.4. The van der Waals surface area contributed by atoms with E-state index in [2.05, 4.69) is 13.5 Å². The van der Waals surface area contributed by atoms with Crippen LogP contribution in [0.1, 0.15) is 96.8 Å². The summed E-state index contributed by atoms with van der Waals surface area (Å²) in [5, 5.41) is 0. The zero-order chi connectivity index (χ0) is 21.5. The van der Waals surface area contributed by atoms with Gasteiger partial charge in [-0.15, -0.1) is 0 Å². The molecule has 2 atom stereocenters. The van der Waals surface area contributed by atoms with Gasteiger partial charge >= 0.3 is 5.97 Å². The Kier molecular flexibility index (Phi) is 9.19. The summed E-state index contributed by atoms with van der Waals surface area (Å²) in [6, 6.07) is 0. The molecule has 0 amide bonds. The third-order valence-corrected chi connectivity index (χ3v) is 8.44. The maximum absolute atomic E-state index is 14.6. The molecule has 4 heteroatoms. The van der Waals surface area contributed by atoms with Gasteiger partial charge < -0.3 is 4.74 Å². The van der Waals surface area contributed by atoms with Gasteiger partial charge in [-0.3, -0.25) is 0 Å². The SMILES string of the molecule is C=CC(=O)OC1C(F)CC(C2CCC(C3CCC(CCCCC)CC3)CC2)CC1F. The van der Waals surface area contributed by atoms with E-state index in [1.54, 1.807) is 0 Å². The van der Waals surface area contributed by atoms with E-state index < -0.39 is 24.4 Å². The van der Waals surface area contributed by atoms with Crippen molar-refractivity contribution in [2.75, 3.05) is 0 Å². The zero-order valence-corrected chi connectivity index (χ0v) is 18.9. The maximum atomic E-state index is 14.6. The highest BCUT2D eigenvalue weighted by molar-refractivity contribution is 5.81. The number of hydrogen-bond acceptors (Lipinski definition) is 2. The van der Waals surface area contributed by atoms with Crippen LogP contribution in [0.15, 0.2) is 12.7 Å². The molecule has 3 aliphatic rings. The van der Waals surface area contributed by atoms with E-state index >= 15 is 0 Å². The van der Waals surface area contributed by atoms with Crippen LogP contribution in [0.4, 0.5) is 8.78 Å². The van der Waals surface area contributed by atoms with Crippen molar-refractivity contribution in [3.05, 3.63) is 12.7 Å². The number of carbonyl (C=O) groups excluding carboxylic acids is 1. The highest BCUT2D eigenvalue weighted by Gasteiger charge is 2.44. The highest BCUT2D eigenvalue weighted by atomic mass is 19.1. The average Bonchev–Trinajstić information content (AvgIpc) is 2.76. The van der Waals surface area contributed by atoms with Crippen molar-refractivity contribution >= 4 is 5.97 Å². The summed E-state index contributed by atoms with van der Waals surface area (Å²) in [5.41, 5.74) is 0. The Labute approximate surface area is 182 Å². The lowest BCUT2D eigenvalue weighted by Gasteiger charge is -2.42. The Bertz CT molecular complexity index is 523. The van der Waals surface area contributed by atoms with Gasteiger partial charge in [-0.05, 0) is 81.0 Å². The van der Waals surface area contributed by atoms with Crippen LogP contribution in [0.3, 0.4) is 0 Å². The summed E-state index contributed by atoms with van der Waals surface area (Å²) in [6.45, 7) is 5.59. The topological polar surface area (TPSA) is 26.3 Å². The molecule has 0 saturated heterocycles. The lowest BCUT2D eigenvalue weighted by atomic mass is 9.65. The molecule has 3 rings (SSSR count). The molecule has 0 bridgehead atoms. The standard InChI is InChI=1S/C26H42F2O2/c1-3-5-6-7-18-8-10-19(11-9-18)20-12-14-21(15-13-20)22-16-23(27)26(24(28)17-22)30-25(29)4-2/h4,18-24,26H,2-3,5-17H2,1H3. The van der Waals surface area contributed by atoms with Gasteiger partial charge in [0.15, 0.2) is 6.10 Å². The minimum atomic E-state index is -1.40. The Morgan fingerprint density at radius 2 is 1.37 bits per heavy atom. The summed E-state index contributed by atoms with van der Waals surface area (Å²) >= 11 is 0. The second-order valence-corrected chi connectivity index (χ2v) is 10.3. The molecule has 0 aliphatic heterocycles. The number of hydrogen-bond donors (Lipinski definition) is 0. The number of esters is 1. The molecule has 30 heavy (non-hydrogen) atoms. The third kappa shape index (κ3) is 6.29.